The van der Waals surface area contributed by atoms with Crippen LogP contribution in [0.4, 0.5) is 4.39 Å². The first-order valence-corrected chi connectivity index (χ1v) is 11.9. The van der Waals surface area contributed by atoms with E-state index in [2.05, 4.69) is 0 Å². The van der Waals surface area contributed by atoms with Gasteiger partial charge in [-0.1, -0.05) is 0 Å². The summed E-state index contributed by atoms with van der Waals surface area (Å²) in [7, 11) is 2.44. The number of benzene rings is 2. The second-order valence-corrected chi connectivity index (χ2v) is 9.82. The maximum atomic E-state index is 13.2. The lowest BCUT2D eigenvalue weighted by atomic mass is 9.98. The van der Waals surface area contributed by atoms with Gasteiger partial charge in [0.2, 0.25) is 21.7 Å². The first-order chi connectivity index (χ1) is 15.7. The predicted molar refractivity (Wildman–Crippen MR) is 120 cm³/mol. The Balaban J connectivity index is 1.73. The van der Waals surface area contributed by atoms with E-state index >= 15 is 0 Å². The summed E-state index contributed by atoms with van der Waals surface area (Å²) < 4.78 is 56.5. The van der Waals surface area contributed by atoms with Gasteiger partial charge in [-0.3, -0.25) is 4.79 Å². The monoisotopic (exact) mass is 480 g/mol. The highest BCUT2D eigenvalue weighted by molar-refractivity contribution is 7.89. The molecule has 0 radical (unpaired) electrons. The van der Waals surface area contributed by atoms with Crippen LogP contribution in [0.1, 0.15) is 18.4 Å². The van der Waals surface area contributed by atoms with Crippen molar-refractivity contribution >= 4 is 15.9 Å². The number of hydrogen-bond donors (Lipinski definition) is 0. The molecule has 0 N–H and O–H groups in total. The summed E-state index contributed by atoms with van der Waals surface area (Å²) in [4.78, 5) is 14.7. The van der Waals surface area contributed by atoms with Gasteiger partial charge >= 0.3 is 0 Å². The number of carbonyl (C=O) groups excluding carboxylic acids is 1. The van der Waals surface area contributed by atoms with E-state index in [1.54, 1.807) is 24.1 Å². The maximum Gasteiger partial charge on any atom is 0.243 e. The fourth-order valence-electron chi connectivity index (χ4n) is 4.01. The van der Waals surface area contributed by atoms with Crippen LogP contribution < -0.4 is 14.2 Å². The van der Waals surface area contributed by atoms with Crippen LogP contribution in [0, 0.1) is 11.7 Å². The molecule has 1 unspecified atom stereocenters. The number of halogens is 1. The lowest BCUT2D eigenvalue weighted by molar-refractivity contribution is -0.135. The molecule has 1 atom stereocenters. The van der Waals surface area contributed by atoms with Crippen LogP contribution in [-0.2, 0) is 21.4 Å². The van der Waals surface area contributed by atoms with E-state index in [9.17, 15) is 17.6 Å². The van der Waals surface area contributed by atoms with E-state index in [1.165, 1.54) is 37.8 Å². The van der Waals surface area contributed by atoms with Crippen molar-refractivity contribution in [2.45, 2.75) is 24.3 Å². The van der Waals surface area contributed by atoms with Crippen molar-refractivity contribution in [3.8, 4) is 17.2 Å². The molecule has 8 nitrogen and oxygen atoms in total. The molecular weight excluding hydrogens is 451 g/mol. The average molecular weight is 481 g/mol. The summed E-state index contributed by atoms with van der Waals surface area (Å²) in [5, 5.41) is 0. The molecule has 0 saturated carbocycles. The first-order valence-electron chi connectivity index (χ1n) is 10.5. The van der Waals surface area contributed by atoms with E-state index in [0.29, 0.717) is 36.6 Å². The molecule has 10 heteroatoms. The number of piperidine rings is 1. The Morgan fingerprint density at radius 3 is 2.24 bits per heavy atom. The average Bonchev–Trinajstić information content (AvgIpc) is 2.83. The number of methoxy groups -OCH3 is 3. The second-order valence-electron chi connectivity index (χ2n) is 7.88. The predicted octanol–water partition coefficient (Wildman–Crippen LogP) is 2.91. The fraction of sp³-hybridized carbons (Fsp3) is 0.435. The molecule has 33 heavy (non-hydrogen) atoms. The lowest BCUT2D eigenvalue weighted by Gasteiger charge is -2.33. The largest absolute Gasteiger partial charge is 0.493 e. The topological polar surface area (TPSA) is 85.4 Å². The normalized spacial score (nSPS) is 16.8. The number of ether oxygens (including phenoxy) is 3. The Morgan fingerprint density at radius 2 is 1.70 bits per heavy atom. The maximum absolute atomic E-state index is 13.2. The van der Waals surface area contributed by atoms with Gasteiger partial charge in [0.15, 0.2) is 11.5 Å². The Labute approximate surface area is 193 Å². The third-order valence-corrected chi connectivity index (χ3v) is 7.58. The minimum Gasteiger partial charge on any atom is -0.493 e. The third-order valence-electron chi connectivity index (χ3n) is 5.71. The molecule has 1 fully saturated rings. The third kappa shape index (κ3) is 5.39. The van der Waals surface area contributed by atoms with Crippen molar-refractivity contribution in [3.05, 3.63) is 47.8 Å². The molecule has 3 rings (SSSR count). The highest BCUT2D eigenvalue weighted by Crippen LogP contribution is 2.38. The number of hydrogen-bond acceptors (Lipinski definition) is 6. The van der Waals surface area contributed by atoms with Gasteiger partial charge in [-0.15, -0.1) is 0 Å². The molecule has 0 spiro atoms. The van der Waals surface area contributed by atoms with Gasteiger partial charge in [0.25, 0.3) is 0 Å². The van der Waals surface area contributed by atoms with E-state index in [4.69, 9.17) is 14.2 Å². The molecule has 180 valence electrons. The molecule has 0 bridgehead atoms. The number of sulfonamides is 1. The minimum atomic E-state index is -3.81. The molecular formula is C23H29FN2O6S. The van der Waals surface area contributed by atoms with Crippen LogP contribution in [-0.4, -0.2) is 65.0 Å². The smallest absolute Gasteiger partial charge is 0.243 e. The number of amides is 1. The highest BCUT2D eigenvalue weighted by Gasteiger charge is 2.34. The van der Waals surface area contributed by atoms with Crippen molar-refractivity contribution < 1.29 is 31.8 Å². The molecule has 1 aliphatic heterocycles. The van der Waals surface area contributed by atoms with Crippen LogP contribution in [0.5, 0.6) is 17.2 Å². The van der Waals surface area contributed by atoms with Crippen LogP contribution >= 0.6 is 0 Å². The van der Waals surface area contributed by atoms with Crippen LogP contribution in [0.15, 0.2) is 41.3 Å². The summed E-state index contributed by atoms with van der Waals surface area (Å²) in [6.45, 7) is 0.689. The van der Waals surface area contributed by atoms with Gasteiger partial charge in [0, 0.05) is 26.7 Å². The summed E-state index contributed by atoms with van der Waals surface area (Å²) in [5.41, 5.74) is 0.784. The molecule has 1 heterocycles. The van der Waals surface area contributed by atoms with E-state index in [1.807, 2.05) is 0 Å². The van der Waals surface area contributed by atoms with Gasteiger partial charge in [0.05, 0.1) is 32.1 Å². The van der Waals surface area contributed by atoms with Crippen LogP contribution in [0.25, 0.3) is 0 Å². The van der Waals surface area contributed by atoms with Crippen molar-refractivity contribution in [1.82, 2.24) is 9.21 Å². The van der Waals surface area contributed by atoms with Crippen molar-refractivity contribution in [2.75, 3.05) is 41.5 Å². The number of nitrogens with zero attached hydrogens (tertiary/aromatic N) is 2. The first kappa shape index (κ1) is 24.8. The Kier molecular flexibility index (Phi) is 7.80. The summed E-state index contributed by atoms with van der Waals surface area (Å²) in [6.07, 6.45) is 1.16. The SMILES string of the molecule is COc1cc(CN(C)C(=O)C2CCCN(S(=O)(=O)c3ccc(F)cc3)C2)cc(OC)c1OC. The van der Waals surface area contributed by atoms with Crippen LogP contribution in [0.3, 0.4) is 0 Å². The highest BCUT2D eigenvalue weighted by atomic mass is 32.2. The zero-order valence-corrected chi connectivity index (χ0v) is 20.0. The Bertz CT molecular complexity index is 1070. The molecule has 0 aliphatic carbocycles. The van der Waals surface area contributed by atoms with Crippen molar-refractivity contribution in [3.63, 3.8) is 0 Å². The van der Waals surface area contributed by atoms with Gasteiger partial charge < -0.3 is 19.1 Å². The van der Waals surface area contributed by atoms with Crippen molar-refractivity contribution in [1.29, 1.82) is 0 Å². The molecule has 2 aromatic rings. The molecule has 1 saturated heterocycles. The summed E-state index contributed by atoms with van der Waals surface area (Å²) in [5.74, 6) is 0.313. The standard InChI is InChI=1S/C23H29FN2O6S/c1-25(14-16-12-20(30-2)22(32-4)21(13-16)31-3)23(27)17-6-5-11-26(15-17)33(28,29)19-9-7-18(24)8-10-19/h7-10,12-13,17H,5-6,11,14-15H2,1-4H3. The van der Waals surface area contributed by atoms with Gasteiger partial charge in [-0.2, -0.15) is 4.31 Å². The quantitative estimate of drug-likeness (QED) is 0.578. The molecule has 2 aromatic carbocycles. The molecule has 0 aromatic heterocycles. The fourth-order valence-corrected chi connectivity index (χ4v) is 5.53. The van der Waals surface area contributed by atoms with E-state index in [-0.39, 0.29) is 23.9 Å². The summed E-state index contributed by atoms with van der Waals surface area (Å²) >= 11 is 0. The Morgan fingerprint density at radius 1 is 1.09 bits per heavy atom. The van der Waals surface area contributed by atoms with Gasteiger partial charge in [0.1, 0.15) is 5.82 Å². The van der Waals surface area contributed by atoms with E-state index in [0.717, 1.165) is 17.7 Å². The second kappa shape index (κ2) is 10.4. The lowest BCUT2D eigenvalue weighted by Crippen LogP contribution is -2.45. The molecule has 1 amide bonds. The zero-order valence-electron chi connectivity index (χ0n) is 19.2. The van der Waals surface area contributed by atoms with Crippen LogP contribution in [0.2, 0.25) is 0 Å². The Hall–Kier alpha value is -2.85. The van der Waals surface area contributed by atoms with Gasteiger partial charge in [-0.25, -0.2) is 12.8 Å². The van der Waals surface area contributed by atoms with Gasteiger partial charge in [-0.05, 0) is 54.8 Å². The minimum absolute atomic E-state index is 0.0165. The number of carbonyl (C=O) groups is 1. The number of rotatable bonds is 8. The summed E-state index contributed by atoms with van der Waals surface area (Å²) in [6, 6.07) is 8.27. The molecule has 1 aliphatic rings. The zero-order chi connectivity index (χ0) is 24.2. The van der Waals surface area contributed by atoms with E-state index < -0.39 is 21.8 Å². The van der Waals surface area contributed by atoms with Crippen molar-refractivity contribution in [2.24, 2.45) is 5.92 Å².